The lowest BCUT2D eigenvalue weighted by Gasteiger charge is -2.39. The summed E-state index contributed by atoms with van der Waals surface area (Å²) >= 11 is 0. The van der Waals surface area contributed by atoms with E-state index in [-0.39, 0.29) is 11.1 Å². The summed E-state index contributed by atoms with van der Waals surface area (Å²) in [6.45, 7) is 13.0. The number of hydrogen-bond donors (Lipinski definition) is 1. The summed E-state index contributed by atoms with van der Waals surface area (Å²) in [4.78, 5) is 13.1. The highest BCUT2D eigenvalue weighted by Gasteiger charge is 2.39. The number of benzene rings is 1. The molecule has 1 unspecified atom stereocenters. The van der Waals surface area contributed by atoms with E-state index in [2.05, 4.69) is 76.3 Å². The minimum absolute atomic E-state index is 0.0312. The van der Waals surface area contributed by atoms with Gasteiger partial charge in [0.25, 0.3) is 0 Å². The summed E-state index contributed by atoms with van der Waals surface area (Å²) < 4.78 is 11.2. The van der Waals surface area contributed by atoms with Crippen molar-refractivity contribution in [3.05, 3.63) is 61.6 Å². The van der Waals surface area contributed by atoms with E-state index in [1.165, 1.54) is 6.33 Å². The normalized spacial score (nSPS) is 13.5. The lowest BCUT2D eigenvalue weighted by atomic mass is 10.1. The van der Waals surface area contributed by atoms with Gasteiger partial charge in [0.2, 0.25) is 0 Å². The van der Waals surface area contributed by atoms with E-state index in [0.717, 1.165) is 35.1 Å². The molecule has 0 amide bonds. The second kappa shape index (κ2) is 9.11. The van der Waals surface area contributed by atoms with E-state index >= 15 is 0 Å². The largest absolute Gasteiger partial charge is 0.412 e. The Morgan fingerprint density at radius 2 is 1.88 bits per heavy atom. The Bertz CT molecular complexity index is 1200. The first-order valence-electron chi connectivity index (χ1n) is 11.4. The molecule has 0 aliphatic rings. The lowest BCUT2D eigenvalue weighted by Crippen LogP contribution is -2.45. The van der Waals surface area contributed by atoms with Crippen LogP contribution in [-0.4, -0.2) is 38.5 Å². The van der Waals surface area contributed by atoms with E-state index in [1.807, 2.05) is 36.9 Å². The molecule has 1 aromatic carbocycles. The van der Waals surface area contributed by atoms with Crippen LogP contribution in [0.5, 0.6) is 0 Å². The molecule has 0 spiro atoms. The quantitative estimate of drug-likeness (QED) is 0.357. The molecule has 1 atom stereocenters. The molecule has 33 heavy (non-hydrogen) atoms. The van der Waals surface area contributed by atoms with Crippen LogP contribution in [0.25, 0.3) is 22.2 Å². The van der Waals surface area contributed by atoms with E-state index in [0.29, 0.717) is 12.4 Å². The van der Waals surface area contributed by atoms with E-state index in [9.17, 15) is 0 Å². The van der Waals surface area contributed by atoms with Crippen molar-refractivity contribution in [2.45, 2.75) is 64.5 Å². The average molecular weight is 463 g/mol. The predicted octanol–water partition coefficient (Wildman–Crippen LogP) is 5.36. The molecule has 2 N–H and O–H groups in total. The number of nitrogens with zero attached hydrogens (tertiary/aromatic N) is 5. The zero-order valence-electron chi connectivity index (χ0n) is 20.2. The first kappa shape index (κ1) is 23.2. The fourth-order valence-electron chi connectivity index (χ4n) is 3.84. The van der Waals surface area contributed by atoms with Crippen LogP contribution in [0.1, 0.15) is 27.2 Å². The van der Waals surface area contributed by atoms with Gasteiger partial charge < -0.3 is 19.3 Å². The Hall–Kier alpha value is -2.97. The second-order valence-electron chi connectivity index (χ2n) is 10.1. The number of aryl methyl sites for hydroxylation is 1. The zero-order valence-corrected chi connectivity index (χ0v) is 21.2. The molecule has 0 bridgehead atoms. The first-order valence-corrected chi connectivity index (χ1v) is 14.3. The Labute approximate surface area is 196 Å². The molecular weight excluding hydrogens is 428 g/mol. The molecule has 174 valence electrons. The number of hydrogen-bond acceptors (Lipinski definition) is 5. The molecule has 4 aromatic rings. The van der Waals surface area contributed by atoms with Crippen molar-refractivity contribution in [3.63, 3.8) is 0 Å². The van der Waals surface area contributed by atoms with Crippen LogP contribution in [0.15, 0.2) is 61.6 Å². The lowest BCUT2D eigenvalue weighted by molar-refractivity contribution is 0.147. The molecular formula is C25H34N6OSi. The van der Waals surface area contributed by atoms with Gasteiger partial charge in [-0.15, -0.1) is 0 Å². The smallest absolute Gasteiger partial charge is 0.192 e. The number of imidazole rings is 1. The topological polar surface area (TPSA) is 83.8 Å². The highest BCUT2D eigenvalue weighted by atomic mass is 28.4. The van der Waals surface area contributed by atoms with Crippen LogP contribution in [0, 0.1) is 0 Å². The molecule has 0 saturated carbocycles. The number of rotatable bonds is 8. The molecule has 7 nitrogen and oxygen atoms in total. The van der Waals surface area contributed by atoms with Crippen molar-refractivity contribution in [2.75, 3.05) is 5.73 Å². The highest BCUT2D eigenvalue weighted by Crippen LogP contribution is 2.38. The van der Waals surface area contributed by atoms with E-state index in [4.69, 9.17) is 10.2 Å². The Morgan fingerprint density at radius 1 is 1.12 bits per heavy atom. The van der Waals surface area contributed by atoms with Crippen molar-refractivity contribution in [1.82, 2.24) is 24.1 Å². The molecule has 0 aliphatic carbocycles. The first-order chi connectivity index (χ1) is 15.7. The van der Waals surface area contributed by atoms with Crippen molar-refractivity contribution >= 4 is 25.2 Å². The third-order valence-electron chi connectivity index (χ3n) is 6.70. The standard InChI is InChI=1S/C25H34N6OSi/c1-25(2,3)33(4,5)32-20(11-13-30-14-12-27-18-30)15-31-16-21(19-9-7-6-8-10-19)22-23(26)28-17-29-24(22)31/h6-10,12,14,16-18,20H,11,13,15H2,1-5H3,(H2,26,28,29). The van der Waals surface area contributed by atoms with Gasteiger partial charge in [-0.2, -0.15) is 0 Å². The summed E-state index contributed by atoms with van der Waals surface area (Å²) in [6.07, 6.45) is 10.3. The number of fused-ring (bicyclic) bond motifs is 1. The fourth-order valence-corrected chi connectivity index (χ4v) is 5.21. The summed E-state index contributed by atoms with van der Waals surface area (Å²) in [6, 6.07) is 10.3. The summed E-state index contributed by atoms with van der Waals surface area (Å²) in [5.74, 6) is 0.498. The van der Waals surface area contributed by atoms with Crippen molar-refractivity contribution in [1.29, 1.82) is 0 Å². The van der Waals surface area contributed by atoms with Gasteiger partial charge in [0, 0.05) is 37.2 Å². The van der Waals surface area contributed by atoms with Crippen molar-refractivity contribution in [3.8, 4) is 11.1 Å². The van der Waals surface area contributed by atoms with E-state index < -0.39 is 8.32 Å². The van der Waals surface area contributed by atoms with Crippen LogP contribution in [0.2, 0.25) is 18.1 Å². The number of anilines is 1. The second-order valence-corrected chi connectivity index (χ2v) is 14.9. The molecule has 0 saturated heterocycles. The zero-order chi connectivity index (χ0) is 23.6. The van der Waals surface area contributed by atoms with Gasteiger partial charge in [-0.3, -0.25) is 0 Å². The molecule has 4 rings (SSSR count). The molecule has 8 heteroatoms. The van der Waals surface area contributed by atoms with Crippen LogP contribution >= 0.6 is 0 Å². The fraction of sp³-hybridized carbons (Fsp3) is 0.400. The predicted molar refractivity (Wildman–Crippen MR) is 136 cm³/mol. The van der Waals surface area contributed by atoms with Crippen LogP contribution in [-0.2, 0) is 17.5 Å². The number of nitrogens with two attached hydrogens (primary N) is 1. The van der Waals surface area contributed by atoms with Gasteiger partial charge in [-0.1, -0.05) is 51.1 Å². The Kier molecular flexibility index (Phi) is 6.40. The maximum absolute atomic E-state index is 6.91. The molecule has 0 fully saturated rings. The maximum atomic E-state index is 6.91. The van der Waals surface area contributed by atoms with Gasteiger partial charge in [0.1, 0.15) is 17.8 Å². The van der Waals surface area contributed by atoms with Crippen LogP contribution in [0.4, 0.5) is 5.82 Å². The van der Waals surface area contributed by atoms with E-state index in [1.54, 1.807) is 0 Å². The van der Waals surface area contributed by atoms with Crippen LogP contribution in [0.3, 0.4) is 0 Å². The minimum atomic E-state index is -1.98. The Balaban J connectivity index is 1.70. The van der Waals surface area contributed by atoms with Gasteiger partial charge in [0.05, 0.1) is 17.8 Å². The average Bonchev–Trinajstić information content (AvgIpc) is 3.41. The van der Waals surface area contributed by atoms with Crippen molar-refractivity contribution < 1.29 is 4.43 Å². The van der Waals surface area contributed by atoms with Crippen LogP contribution < -0.4 is 5.73 Å². The monoisotopic (exact) mass is 462 g/mol. The summed E-state index contributed by atoms with van der Waals surface area (Å²) in [5.41, 5.74) is 9.31. The van der Waals surface area contributed by atoms with Gasteiger partial charge >= 0.3 is 0 Å². The molecule has 0 aliphatic heterocycles. The number of aromatic nitrogens is 5. The van der Waals surface area contributed by atoms with Crippen molar-refractivity contribution in [2.24, 2.45) is 0 Å². The summed E-state index contributed by atoms with van der Waals surface area (Å²) in [7, 11) is -1.98. The third-order valence-corrected chi connectivity index (χ3v) is 11.2. The molecule has 0 radical (unpaired) electrons. The highest BCUT2D eigenvalue weighted by molar-refractivity contribution is 6.74. The number of nitrogen functional groups attached to an aromatic ring is 1. The van der Waals surface area contributed by atoms with Gasteiger partial charge in [0.15, 0.2) is 8.32 Å². The van der Waals surface area contributed by atoms with Gasteiger partial charge in [-0.05, 0) is 30.1 Å². The molecule has 3 heterocycles. The molecule has 3 aromatic heterocycles. The van der Waals surface area contributed by atoms with Gasteiger partial charge in [-0.25, -0.2) is 15.0 Å². The summed E-state index contributed by atoms with van der Waals surface area (Å²) in [5, 5.41) is 1.02. The third kappa shape index (κ3) is 5.01. The SMILES string of the molecule is CC(C)(C)[Si](C)(C)OC(CCn1ccnc1)Cn1cc(-c2ccccc2)c2c(N)ncnc21. The maximum Gasteiger partial charge on any atom is 0.192 e. The Morgan fingerprint density at radius 3 is 2.55 bits per heavy atom. The minimum Gasteiger partial charge on any atom is -0.412 e.